The van der Waals surface area contributed by atoms with E-state index in [0.717, 1.165) is 16.7 Å². The molecule has 0 saturated heterocycles. The Morgan fingerprint density at radius 2 is 1.46 bits per heavy atom. The zero-order valence-corrected chi connectivity index (χ0v) is 20.9. The number of benzene rings is 3. The third-order valence-corrected chi connectivity index (χ3v) is 6.46. The highest BCUT2D eigenvalue weighted by molar-refractivity contribution is 7.09. The van der Waals surface area contributed by atoms with Crippen molar-refractivity contribution in [2.24, 2.45) is 0 Å². The maximum atomic E-state index is 13.4. The number of methoxy groups -OCH3 is 1. The molecule has 0 spiro atoms. The van der Waals surface area contributed by atoms with Crippen LogP contribution in [0.1, 0.15) is 32.2 Å². The van der Waals surface area contributed by atoms with E-state index in [1.165, 1.54) is 35.6 Å². The Morgan fingerprint density at radius 3 is 2.08 bits per heavy atom. The number of amides is 2. The van der Waals surface area contributed by atoms with Crippen LogP contribution in [-0.4, -0.2) is 28.8 Å². The normalized spacial score (nSPS) is 10.7. The van der Waals surface area contributed by atoms with Gasteiger partial charge in [-0.15, -0.1) is 11.3 Å². The van der Waals surface area contributed by atoms with Crippen LogP contribution in [0.15, 0.2) is 78.2 Å². The highest BCUT2D eigenvalue weighted by Gasteiger charge is 2.19. The highest BCUT2D eigenvalue weighted by Crippen LogP contribution is 2.18. The Hall–Kier alpha value is -4.11. The van der Waals surface area contributed by atoms with E-state index in [1.54, 1.807) is 53.8 Å². The van der Waals surface area contributed by atoms with Crippen molar-refractivity contribution in [3.8, 4) is 5.75 Å². The molecule has 0 aliphatic carbocycles. The molecular formula is C28H25F2N3O3S. The number of carbonyl (C=O) groups excluding carboxylic acids is 2. The predicted octanol–water partition coefficient (Wildman–Crippen LogP) is 5.13. The van der Waals surface area contributed by atoms with E-state index >= 15 is 0 Å². The Balaban J connectivity index is 1.44. The zero-order valence-electron chi connectivity index (χ0n) is 20.1. The molecule has 1 N–H and O–H groups in total. The number of carbonyl (C=O) groups is 2. The molecule has 0 fully saturated rings. The molecule has 37 heavy (non-hydrogen) atoms. The van der Waals surface area contributed by atoms with E-state index in [4.69, 9.17) is 4.74 Å². The number of thiazole rings is 1. The summed E-state index contributed by atoms with van der Waals surface area (Å²) in [5.41, 5.74) is 2.61. The Bertz CT molecular complexity index is 1340. The van der Waals surface area contributed by atoms with Gasteiger partial charge in [-0.3, -0.25) is 9.59 Å². The smallest absolute Gasteiger partial charge is 0.271 e. The molecular weight excluding hydrogens is 496 g/mol. The number of nitrogens with zero attached hydrogens (tertiary/aromatic N) is 2. The standard InChI is InChI=1S/C28H25F2N3O3S/c1-36-24-12-6-19(7-13-24)14-27(34)33(16-21-4-10-23(30)11-5-21)17-26-32-25(18-37-26)28(35)31-15-20-2-8-22(29)9-3-20/h2-13,18H,14-17H2,1H3,(H,31,35). The van der Waals surface area contributed by atoms with Crippen molar-refractivity contribution in [1.29, 1.82) is 0 Å². The van der Waals surface area contributed by atoms with Crippen LogP contribution in [-0.2, 0) is 30.8 Å². The lowest BCUT2D eigenvalue weighted by atomic mass is 10.1. The fraction of sp³-hybridized carbons (Fsp3) is 0.179. The molecule has 0 saturated carbocycles. The Labute approximate surface area is 217 Å². The fourth-order valence-electron chi connectivity index (χ4n) is 3.60. The largest absolute Gasteiger partial charge is 0.497 e. The molecule has 1 heterocycles. The summed E-state index contributed by atoms with van der Waals surface area (Å²) in [6.07, 6.45) is 0.168. The zero-order chi connectivity index (χ0) is 26.2. The molecule has 0 bridgehead atoms. The summed E-state index contributed by atoms with van der Waals surface area (Å²) in [6, 6.07) is 19.1. The van der Waals surface area contributed by atoms with E-state index in [0.29, 0.717) is 10.8 Å². The summed E-state index contributed by atoms with van der Waals surface area (Å²) in [7, 11) is 1.58. The predicted molar refractivity (Wildman–Crippen MR) is 137 cm³/mol. The van der Waals surface area contributed by atoms with Crippen molar-refractivity contribution in [3.63, 3.8) is 0 Å². The number of aromatic nitrogens is 1. The van der Waals surface area contributed by atoms with Crippen LogP contribution in [0, 0.1) is 11.6 Å². The molecule has 0 aliphatic rings. The van der Waals surface area contributed by atoms with Gasteiger partial charge in [0.1, 0.15) is 28.1 Å². The van der Waals surface area contributed by atoms with Gasteiger partial charge in [-0.05, 0) is 53.1 Å². The SMILES string of the molecule is COc1ccc(CC(=O)N(Cc2ccc(F)cc2)Cc2nc(C(=O)NCc3ccc(F)cc3)cs2)cc1. The number of ether oxygens (including phenoxy) is 1. The van der Waals surface area contributed by atoms with Crippen LogP contribution in [0.3, 0.4) is 0 Å². The lowest BCUT2D eigenvalue weighted by Gasteiger charge is -2.22. The number of nitrogens with one attached hydrogen (secondary N) is 1. The lowest BCUT2D eigenvalue weighted by molar-refractivity contribution is -0.131. The molecule has 0 radical (unpaired) electrons. The van der Waals surface area contributed by atoms with Gasteiger partial charge in [0.2, 0.25) is 5.91 Å². The van der Waals surface area contributed by atoms with E-state index in [-0.39, 0.29) is 55.2 Å². The minimum atomic E-state index is -0.360. The molecule has 0 aliphatic heterocycles. The van der Waals surface area contributed by atoms with Crippen molar-refractivity contribution in [2.45, 2.75) is 26.1 Å². The van der Waals surface area contributed by atoms with Crippen LogP contribution in [0.4, 0.5) is 8.78 Å². The third-order valence-electron chi connectivity index (χ3n) is 5.63. The second-order valence-electron chi connectivity index (χ2n) is 8.34. The molecule has 2 amide bonds. The van der Waals surface area contributed by atoms with Gasteiger partial charge in [0, 0.05) is 18.5 Å². The number of hydrogen-bond acceptors (Lipinski definition) is 5. The molecule has 9 heteroatoms. The second kappa shape index (κ2) is 12.2. The maximum absolute atomic E-state index is 13.4. The average Bonchev–Trinajstić information content (AvgIpc) is 3.38. The van der Waals surface area contributed by atoms with E-state index in [9.17, 15) is 18.4 Å². The Kier molecular flexibility index (Phi) is 8.58. The summed E-state index contributed by atoms with van der Waals surface area (Å²) < 4.78 is 31.6. The first-order valence-corrected chi connectivity index (χ1v) is 12.4. The fourth-order valence-corrected chi connectivity index (χ4v) is 4.39. The molecule has 4 rings (SSSR count). The molecule has 0 unspecified atom stereocenters. The maximum Gasteiger partial charge on any atom is 0.271 e. The van der Waals surface area contributed by atoms with Crippen molar-refractivity contribution in [1.82, 2.24) is 15.2 Å². The van der Waals surface area contributed by atoms with Crippen molar-refractivity contribution in [2.75, 3.05) is 7.11 Å². The van der Waals surface area contributed by atoms with Gasteiger partial charge in [-0.2, -0.15) is 0 Å². The van der Waals surface area contributed by atoms with Gasteiger partial charge in [-0.25, -0.2) is 13.8 Å². The minimum Gasteiger partial charge on any atom is -0.497 e. The highest BCUT2D eigenvalue weighted by atomic mass is 32.1. The molecule has 0 atom stereocenters. The average molecular weight is 522 g/mol. The molecule has 1 aromatic heterocycles. The summed E-state index contributed by atoms with van der Waals surface area (Å²) in [5, 5.41) is 5.00. The third kappa shape index (κ3) is 7.44. The van der Waals surface area contributed by atoms with Gasteiger partial charge in [0.05, 0.1) is 20.1 Å². The van der Waals surface area contributed by atoms with E-state index < -0.39 is 0 Å². The second-order valence-corrected chi connectivity index (χ2v) is 9.28. The van der Waals surface area contributed by atoms with Crippen molar-refractivity contribution < 1.29 is 23.1 Å². The van der Waals surface area contributed by atoms with Crippen LogP contribution in [0.5, 0.6) is 5.75 Å². The summed E-state index contributed by atoms with van der Waals surface area (Å²) >= 11 is 1.28. The summed E-state index contributed by atoms with van der Waals surface area (Å²) in [6.45, 7) is 0.701. The van der Waals surface area contributed by atoms with E-state index in [1.807, 2.05) is 12.1 Å². The minimum absolute atomic E-state index is 0.132. The lowest BCUT2D eigenvalue weighted by Crippen LogP contribution is -2.31. The van der Waals surface area contributed by atoms with Gasteiger partial charge in [-0.1, -0.05) is 36.4 Å². The van der Waals surface area contributed by atoms with Crippen LogP contribution < -0.4 is 10.1 Å². The molecule has 3 aromatic carbocycles. The van der Waals surface area contributed by atoms with Crippen molar-refractivity contribution in [3.05, 3.63) is 117 Å². The van der Waals surface area contributed by atoms with Crippen molar-refractivity contribution >= 4 is 23.2 Å². The molecule has 190 valence electrons. The molecule has 6 nitrogen and oxygen atoms in total. The summed E-state index contributed by atoms with van der Waals surface area (Å²) in [5.74, 6) is -0.483. The topological polar surface area (TPSA) is 71.5 Å². The van der Waals surface area contributed by atoms with Gasteiger partial charge >= 0.3 is 0 Å². The summed E-state index contributed by atoms with van der Waals surface area (Å²) in [4.78, 5) is 31.9. The number of rotatable bonds is 10. The van der Waals surface area contributed by atoms with E-state index in [2.05, 4.69) is 10.3 Å². The van der Waals surface area contributed by atoms with Gasteiger partial charge < -0.3 is 15.0 Å². The Morgan fingerprint density at radius 1 is 0.865 bits per heavy atom. The number of hydrogen-bond donors (Lipinski definition) is 1. The quantitative estimate of drug-likeness (QED) is 0.314. The van der Waals surface area contributed by atoms with Crippen LogP contribution in [0.2, 0.25) is 0 Å². The number of halogens is 2. The first-order chi connectivity index (χ1) is 17.9. The van der Waals surface area contributed by atoms with Crippen LogP contribution >= 0.6 is 11.3 Å². The first-order valence-electron chi connectivity index (χ1n) is 11.5. The molecule has 4 aromatic rings. The van der Waals surface area contributed by atoms with Crippen LogP contribution in [0.25, 0.3) is 0 Å². The monoisotopic (exact) mass is 521 g/mol. The first kappa shape index (κ1) is 26.0. The van der Waals surface area contributed by atoms with Gasteiger partial charge in [0.25, 0.3) is 5.91 Å². The van der Waals surface area contributed by atoms with Gasteiger partial charge in [0.15, 0.2) is 0 Å².